The molecule has 0 spiro atoms. The average Bonchev–Trinajstić information content (AvgIpc) is 2.60. The van der Waals surface area contributed by atoms with Crippen molar-refractivity contribution in [3.8, 4) is 0 Å². The van der Waals surface area contributed by atoms with Crippen LogP contribution in [0.2, 0.25) is 5.15 Å². The molecule has 1 aromatic rings. The molecule has 2 N–H and O–H groups in total. The molecule has 1 aliphatic heterocycles. The Morgan fingerprint density at radius 1 is 1.33 bits per heavy atom. The Balaban J connectivity index is 1.59. The molecule has 24 heavy (non-hydrogen) atoms. The Labute approximate surface area is 150 Å². The molecule has 2 rings (SSSR count). The van der Waals surface area contributed by atoms with Gasteiger partial charge in [-0.05, 0) is 50.8 Å². The first-order valence-corrected chi connectivity index (χ1v) is 9.36. The number of likely N-dealkylation sites (tertiary alicyclic amines) is 1. The monoisotopic (exact) mass is 351 g/mol. The first-order chi connectivity index (χ1) is 11.7. The van der Waals surface area contributed by atoms with E-state index in [9.17, 15) is 0 Å². The van der Waals surface area contributed by atoms with Gasteiger partial charge >= 0.3 is 0 Å². The van der Waals surface area contributed by atoms with Crippen molar-refractivity contribution in [2.24, 2.45) is 4.99 Å². The fourth-order valence-corrected chi connectivity index (χ4v) is 3.19. The van der Waals surface area contributed by atoms with E-state index in [0.717, 1.165) is 37.9 Å². The second-order valence-electron chi connectivity index (χ2n) is 6.40. The van der Waals surface area contributed by atoms with Crippen LogP contribution in [0.5, 0.6) is 0 Å². The second kappa shape index (κ2) is 10.5. The van der Waals surface area contributed by atoms with Crippen LogP contribution in [0.1, 0.15) is 38.2 Å². The van der Waals surface area contributed by atoms with Gasteiger partial charge in [-0.3, -0.25) is 4.99 Å². The Hall–Kier alpha value is -1.33. The molecule has 0 aliphatic carbocycles. The van der Waals surface area contributed by atoms with Crippen LogP contribution in [-0.4, -0.2) is 55.1 Å². The van der Waals surface area contributed by atoms with Crippen molar-refractivity contribution in [1.82, 2.24) is 20.5 Å². The summed E-state index contributed by atoms with van der Waals surface area (Å²) in [6, 6.07) is 4.57. The number of hydrogen-bond donors (Lipinski definition) is 2. The largest absolute Gasteiger partial charge is 0.356 e. The minimum atomic E-state index is 0.534. The fraction of sp³-hybridized carbons (Fsp3) is 0.667. The molecule has 1 unspecified atom stereocenters. The molecule has 6 heteroatoms. The van der Waals surface area contributed by atoms with Crippen LogP contribution >= 0.6 is 11.6 Å². The van der Waals surface area contributed by atoms with E-state index in [1.807, 2.05) is 25.4 Å². The van der Waals surface area contributed by atoms with Crippen LogP contribution in [0.4, 0.5) is 0 Å². The maximum absolute atomic E-state index is 5.80. The summed E-state index contributed by atoms with van der Waals surface area (Å²) in [6.07, 6.45) is 7.94. The highest BCUT2D eigenvalue weighted by atomic mass is 35.5. The van der Waals surface area contributed by atoms with Crippen LogP contribution < -0.4 is 10.6 Å². The molecule has 5 nitrogen and oxygen atoms in total. The summed E-state index contributed by atoms with van der Waals surface area (Å²) in [4.78, 5) is 11.0. The van der Waals surface area contributed by atoms with Gasteiger partial charge in [-0.1, -0.05) is 24.1 Å². The first-order valence-electron chi connectivity index (χ1n) is 8.98. The third-order valence-corrected chi connectivity index (χ3v) is 4.80. The van der Waals surface area contributed by atoms with Crippen molar-refractivity contribution < 1.29 is 0 Å². The van der Waals surface area contributed by atoms with Gasteiger partial charge in [-0.2, -0.15) is 0 Å². The quantitative estimate of drug-likeness (QED) is 0.343. The molecule has 1 aliphatic rings. The molecule has 1 fully saturated rings. The zero-order valence-corrected chi connectivity index (χ0v) is 15.6. The van der Waals surface area contributed by atoms with Gasteiger partial charge in [-0.25, -0.2) is 4.98 Å². The zero-order valence-electron chi connectivity index (χ0n) is 14.9. The number of aromatic nitrogens is 1. The van der Waals surface area contributed by atoms with E-state index in [-0.39, 0.29) is 0 Å². The van der Waals surface area contributed by atoms with Gasteiger partial charge in [0.25, 0.3) is 0 Å². The van der Waals surface area contributed by atoms with Crippen molar-refractivity contribution in [1.29, 1.82) is 0 Å². The number of rotatable bonds is 7. The number of halogens is 1. The predicted molar refractivity (Wildman–Crippen MR) is 102 cm³/mol. The molecule has 0 radical (unpaired) electrons. The third-order valence-electron chi connectivity index (χ3n) is 4.57. The summed E-state index contributed by atoms with van der Waals surface area (Å²) in [5.74, 6) is 0.864. The van der Waals surface area contributed by atoms with Gasteiger partial charge in [0.05, 0.1) is 0 Å². The molecule has 1 aromatic heterocycles. The lowest BCUT2D eigenvalue weighted by molar-refractivity contribution is 0.159. The fourth-order valence-electron chi connectivity index (χ4n) is 3.08. The average molecular weight is 352 g/mol. The zero-order chi connectivity index (χ0) is 17.2. The summed E-state index contributed by atoms with van der Waals surface area (Å²) in [5, 5.41) is 7.27. The molecular formula is C18H30ClN5. The molecule has 0 saturated carbocycles. The van der Waals surface area contributed by atoms with Gasteiger partial charge in [0.2, 0.25) is 0 Å². The summed E-state index contributed by atoms with van der Waals surface area (Å²) < 4.78 is 0. The normalized spacial score (nSPS) is 19.3. The molecule has 0 bridgehead atoms. The summed E-state index contributed by atoms with van der Waals surface area (Å²) in [6.45, 7) is 6.54. The second-order valence-corrected chi connectivity index (χ2v) is 6.79. The maximum atomic E-state index is 5.80. The molecule has 134 valence electrons. The number of hydrogen-bond acceptors (Lipinski definition) is 3. The Morgan fingerprint density at radius 2 is 2.17 bits per heavy atom. The minimum Gasteiger partial charge on any atom is -0.356 e. The van der Waals surface area contributed by atoms with E-state index in [1.54, 1.807) is 0 Å². The van der Waals surface area contributed by atoms with Crippen LogP contribution in [0.15, 0.2) is 23.3 Å². The maximum Gasteiger partial charge on any atom is 0.190 e. The van der Waals surface area contributed by atoms with Crippen LogP contribution in [0.3, 0.4) is 0 Å². The molecule has 0 aromatic carbocycles. The highest BCUT2D eigenvalue weighted by molar-refractivity contribution is 6.29. The van der Waals surface area contributed by atoms with E-state index in [1.165, 1.54) is 37.9 Å². The standard InChI is InChI=1S/C18H30ClN5/c1-15-6-3-4-12-24(15)13-5-10-21-18(20-2)22-11-9-16-7-8-17(19)23-14-16/h7-8,14-15H,3-6,9-13H2,1-2H3,(H2,20,21,22). The Kier molecular flexibility index (Phi) is 8.33. The first kappa shape index (κ1) is 19.0. The minimum absolute atomic E-state index is 0.534. The summed E-state index contributed by atoms with van der Waals surface area (Å²) in [7, 11) is 1.81. The van der Waals surface area contributed by atoms with E-state index in [2.05, 4.69) is 32.4 Å². The van der Waals surface area contributed by atoms with E-state index >= 15 is 0 Å². The van der Waals surface area contributed by atoms with Crippen molar-refractivity contribution >= 4 is 17.6 Å². The number of nitrogens with zero attached hydrogens (tertiary/aromatic N) is 3. The molecule has 1 saturated heterocycles. The number of pyridine rings is 1. The van der Waals surface area contributed by atoms with Gasteiger partial charge < -0.3 is 15.5 Å². The molecular weight excluding hydrogens is 322 g/mol. The van der Waals surface area contributed by atoms with Gasteiger partial charge in [-0.15, -0.1) is 0 Å². The highest BCUT2D eigenvalue weighted by Gasteiger charge is 2.16. The Morgan fingerprint density at radius 3 is 2.88 bits per heavy atom. The van der Waals surface area contributed by atoms with E-state index in [0.29, 0.717) is 5.15 Å². The van der Waals surface area contributed by atoms with Crippen molar-refractivity contribution in [2.75, 3.05) is 33.2 Å². The SMILES string of the molecule is CN=C(NCCCN1CCCCC1C)NCCc1ccc(Cl)nc1. The van der Waals surface area contributed by atoms with Crippen molar-refractivity contribution in [2.45, 2.75) is 45.1 Å². The highest BCUT2D eigenvalue weighted by Crippen LogP contribution is 2.16. The molecule has 0 amide bonds. The van der Waals surface area contributed by atoms with E-state index in [4.69, 9.17) is 11.6 Å². The molecule has 1 atom stereocenters. The van der Waals surface area contributed by atoms with Gasteiger partial charge in [0.15, 0.2) is 5.96 Å². The van der Waals surface area contributed by atoms with Gasteiger partial charge in [0.1, 0.15) is 5.15 Å². The van der Waals surface area contributed by atoms with Crippen LogP contribution in [-0.2, 0) is 6.42 Å². The predicted octanol–water partition coefficient (Wildman–Crippen LogP) is 2.71. The number of aliphatic imine (C=N–C) groups is 1. The summed E-state index contributed by atoms with van der Waals surface area (Å²) >= 11 is 5.80. The van der Waals surface area contributed by atoms with Crippen molar-refractivity contribution in [3.05, 3.63) is 29.0 Å². The lowest BCUT2D eigenvalue weighted by Crippen LogP contribution is -2.41. The number of guanidine groups is 1. The number of nitrogens with one attached hydrogen (secondary N) is 2. The van der Waals surface area contributed by atoms with E-state index < -0.39 is 0 Å². The van der Waals surface area contributed by atoms with Crippen LogP contribution in [0, 0.1) is 0 Å². The Bertz CT molecular complexity index is 503. The molecule has 2 heterocycles. The topological polar surface area (TPSA) is 52.6 Å². The summed E-state index contributed by atoms with van der Waals surface area (Å²) in [5.41, 5.74) is 1.17. The lowest BCUT2D eigenvalue weighted by Gasteiger charge is -2.33. The van der Waals surface area contributed by atoms with Crippen molar-refractivity contribution in [3.63, 3.8) is 0 Å². The third kappa shape index (κ3) is 6.65. The van der Waals surface area contributed by atoms with Gasteiger partial charge in [0, 0.05) is 38.9 Å². The number of piperidine rings is 1. The van der Waals surface area contributed by atoms with Crippen LogP contribution in [0.25, 0.3) is 0 Å². The smallest absolute Gasteiger partial charge is 0.190 e. The lowest BCUT2D eigenvalue weighted by atomic mass is 10.0.